The maximum atomic E-state index is 10.8. The van der Waals surface area contributed by atoms with E-state index < -0.39 is 0 Å². The number of fused-ring (bicyclic) bond motifs is 2. The fraction of sp³-hybridized carbons (Fsp3) is 0.167. The average molecular weight is 374 g/mol. The van der Waals surface area contributed by atoms with Crippen molar-refractivity contribution < 1.29 is 19.4 Å². The molecule has 0 heterocycles. The molecule has 0 atom stereocenters. The molecule has 4 rings (SSSR count). The van der Waals surface area contributed by atoms with Crippen molar-refractivity contribution in [1.82, 2.24) is 0 Å². The minimum absolute atomic E-state index is 0.182. The number of hydrogen-bond donors (Lipinski definition) is 1. The van der Waals surface area contributed by atoms with E-state index in [0.29, 0.717) is 12.2 Å². The van der Waals surface area contributed by atoms with Crippen LogP contribution in [0.2, 0.25) is 0 Å². The van der Waals surface area contributed by atoms with Gasteiger partial charge in [0.2, 0.25) is 0 Å². The molecule has 0 unspecified atom stereocenters. The lowest BCUT2D eigenvalue weighted by Crippen LogP contribution is -1.99. The number of hydrogen-bond acceptors (Lipinski definition) is 4. The zero-order valence-electron chi connectivity index (χ0n) is 15.5. The molecule has 2 bridgehead atoms. The standard InChI is InChI=1S/C17H18O3.C7H4O/c18-11-3-5-16-4-1-2-6-17(16)20-13-15-9-7-14(12-19)8-10-15;8-7-5-1-2-6(7)4-3-5/h1-2,4,6-10,12,18H,3,5,11,13H2;1-4H. The first kappa shape index (κ1) is 19.5. The number of aliphatic hydroxyl groups is 1. The number of para-hydroxylation sites is 1. The quantitative estimate of drug-likeness (QED) is 0.744. The number of ether oxygens (including phenoxy) is 1. The summed E-state index contributed by atoms with van der Waals surface area (Å²) in [7, 11) is 0. The average Bonchev–Trinajstić information content (AvgIpc) is 3.29. The monoisotopic (exact) mass is 374 g/mol. The van der Waals surface area contributed by atoms with E-state index >= 15 is 0 Å². The molecule has 2 aliphatic rings. The molecule has 0 aliphatic heterocycles. The van der Waals surface area contributed by atoms with E-state index in [4.69, 9.17) is 9.84 Å². The summed E-state index contributed by atoms with van der Waals surface area (Å²) < 4.78 is 5.82. The highest BCUT2D eigenvalue weighted by atomic mass is 16.5. The van der Waals surface area contributed by atoms with Crippen molar-refractivity contribution in [2.24, 2.45) is 0 Å². The Morgan fingerprint density at radius 2 is 1.61 bits per heavy atom. The van der Waals surface area contributed by atoms with Crippen LogP contribution < -0.4 is 4.74 Å². The number of Topliss-reactive ketones (excluding diaryl/α,β-unsaturated/α-hetero) is 1. The van der Waals surface area contributed by atoms with Crippen molar-refractivity contribution in [3.05, 3.63) is 101 Å². The Labute approximate surface area is 164 Å². The Kier molecular flexibility index (Phi) is 6.71. The van der Waals surface area contributed by atoms with Gasteiger partial charge in [-0.25, -0.2) is 0 Å². The molecule has 0 fully saturated rings. The zero-order chi connectivity index (χ0) is 19.8. The number of allylic oxidation sites excluding steroid dienone is 6. The van der Waals surface area contributed by atoms with Gasteiger partial charge in [-0.3, -0.25) is 9.59 Å². The van der Waals surface area contributed by atoms with Gasteiger partial charge in [0.25, 0.3) is 0 Å². The van der Waals surface area contributed by atoms with Crippen LogP contribution in [-0.2, 0) is 17.8 Å². The van der Waals surface area contributed by atoms with Crippen LogP contribution in [0.15, 0.2) is 84.0 Å². The van der Waals surface area contributed by atoms with Crippen LogP contribution in [0.1, 0.15) is 27.9 Å². The second kappa shape index (κ2) is 9.62. The van der Waals surface area contributed by atoms with Crippen LogP contribution in [0.4, 0.5) is 0 Å². The minimum Gasteiger partial charge on any atom is -0.489 e. The van der Waals surface area contributed by atoms with Crippen LogP contribution in [0.3, 0.4) is 0 Å². The summed E-state index contributed by atoms with van der Waals surface area (Å²) in [4.78, 5) is 21.4. The van der Waals surface area contributed by atoms with Gasteiger partial charge in [-0.05, 0) is 30.0 Å². The van der Waals surface area contributed by atoms with E-state index in [9.17, 15) is 9.59 Å². The third-order valence-electron chi connectivity index (χ3n) is 4.50. The molecule has 0 aromatic heterocycles. The third-order valence-corrected chi connectivity index (χ3v) is 4.50. The Morgan fingerprint density at radius 3 is 2.14 bits per heavy atom. The van der Waals surface area contributed by atoms with Crippen molar-refractivity contribution in [3.8, 4) is 5.75 Å². The number of aryl methyl sites for hydroxylation is 1. The molecular weight excluding hydrogens is 352 g/mol. The zero-order valence-corrected chi connectivity index (χ0v) is 15.5. The summed E-state index contributed by atoms with van der Waals surface area (Å²) >= 11 is 0. The van der Waals surface area contributed by atoms with Gasteiger partial charge in [-0.15, -0.1) is 0 Å². The molecule has 0 spiro atoms. The minimum atomic E-state index is 0.182. The molecule has 0 saturated heterocycles. The molecule has 2 aliphatic carbocycles. The number of rotatable bonds is 7. The van der Waals surface area contributed by atoms with Gasteiger partial charge in [0, 0.05) is 23.3 Å². The van der Waals surface area contributed by atoms with Crippen LogP contribution >= 0.6 is 0 Å². The summed E-state index contributed by atoms with van der Waals surface area (Å²) in [5.41, 5.74) is 4.45. The topological polar surface area (TPSA) is 63.6 Å². The molecule has 0 amide bonds. The van der Waals surface area contributed by atoms with E-state index in [1.54, 1.807) is 12.1 Å². The molecule has 0 radical (unpaired) electrons. The largest absolute Gasteiger partial charge is 0.489 e. The lowest BCUT2D eigenvalue weighted by Gasteiger charge is -2.11. The Morgan fingerprint density at radius 1 is 0.929 bits per heavy atom. The summed E-state index contributed by atoms with van der Waals surface area (Å²) in [5.74, 6) is 1.03. The van der Waals surface area contributed by atoms with E-state index in [0.717, 1.165) is 47.2 Å². The summed E-state index contributed by atoms with van der Waals surface area (Å²) in [5, 5.41) is 8.91. The molecule has 142 valence electrons. The van der Waals surface area contributed by atoms with Crippen LogP contribution in [-0.4, -0.2) is 23.8 Å². The number of carbonyl (C=O) groups is 2. The molecule has 4 heteroatoms. The molecule has 2 aromatic carbocycles. The Bertz CT molecular complexity index is 909. The van der Waals surface area contributed by atoms with E-state index in [-0.39, 0.29) is 12.4 Å². The lowest BCUT2D eigenvalue weighted by atomic mass is 10.1. The summed E-state index contributed by atoms with van der Waals surface area (Å²) in [6.45, 7) is 0.650. The van der Waals surface area contributed by atoms with Gasteiger partial charge in [-0.1, -0.05) is 66.8 Å². The van der Waals surface area contributed by atoms with Crippen molar-refractivity contribution in [2.45, 2.75) is 19.4 Å². The molecule has 28 heavy (non-hydrogen) atoms. The number of aldehydes is 1. The molecule has 4 nitrogen and oxygen atoms in total. The molecule has 2 aromatic rings. The highest BCUT2D eigenvalue weighted by Crippen LogP contribution is 2.23. The maximum absolute atomic E-state index is 10.8. The van der Waals surface area contributed by atoms with Crippen LogP contribution in [0.5, 0.6) is 5.75 Å². The van der Waals surface area contributed by atoms with Gasteiger partial charge in [0.15, 0.2) is 5.78 Å². The third kappa shape index (κ3) is 4.93. The summed E-state index contributed by atoms with van der Waals surface area (Å²) in [6.07, 6.45) is 9.74. The first-order valence-corrected chi connectivity index (χ1v) is 9.21. The molecule has 0 saturated carbocycles. The highest BCUT2D eigenvalue weighted by Gasteiger charge is 2.20. The fourth-order valence-corrected chi connectivity index (χ4v) is 2.91. The van der Waals surface area contributed by atoms with Gasteiger partial charge >= 0.3 is 0 Å². The SMILES string of the molecule is O=C1C2=CC=C1C=C2.O=Cc1ccc(COc2ccccc2CCCO)cc1. The fourth-order valence-electron chi connectivity index (χ4n) is 2.91. The van der Waals surface area contributed by atoms with Gasteiger partial charge in [0.1, 0.15) is 18.6 Å². The van der Waals surface area contributed by atoms with E-state index in [2.05, 4.69) is 0 Å². The smallest absolute Gasteiger partial charge is 0.193 e. The summed E-state index contributed by atoms with van der Waals surface area (Å²) in [6, 6.07) is 15.2. The van der Waals surface area contributed by atoms with Crippen LogP contribution in [0, 0.1) is 0 Å². The Balaban J connectivity index is 0.000000231. The first-order valence-electron chi connectivity index (χ1n) is 9.21. The number of benzene rings is 2. The number of carbonyl (C=O) groups excluding carboxylic acids is 2. The Hall–Kier alpha value is -3.24. The lowest BCUT2D eigenvalue weighted by molar-refractivity contribution is -0.111. The van der Waals surface area contributed by atoms with Crippen molar-refractivity contribution in [3.63, 3.8) is 0 Å². The highest BCUT2D eigenvalue weighted by molar-refractivity contribution is 6.17. The first-order chi connectivity index (χ1) is 13.7. The van der Waals surface area contributed by atoms with E-state index in [1.807, 2.05) is 60.7 Å². The van der Waals surface area contributed by atoms with Crippen molar-refractivity contribution in [1.29, 1.82) is 0 Å². The second-order valence-corrected chi connectivity index (χ2v) is 6.49. The predicted molar refractivity (Wildman–Crippen MR) is 108 cm³/mol. The maximum Gasteiger partial charge on any atom is 0.193 e. The number of aliphatic hydroxyl groups excluding tert-OH is 1. The molecule has 1 N–H and O–H groups in total. The predicted octanol–water partition coefficient (Wildman–Crippen LogP) is 3.99. The van der Waals surface area contributed by atoms with Crippen molar-refractivity contribution in [2.75, 3.05) is 6.61 Å². The number of ketones is 1. The van der Waals surface area contributed by atoms with E-state index in [1.165, 1.54) is 0 Å². The van der Waals surface area contributed by atoms with Crippen LogP contribution in [0.25, 0.3) is 0 Å². The van der Waals surface area contributed by atoms with Gasteiger partial charge < -0.3 is 9.84 Å². The van der Waals surface area contributed by atoms with Gasteiger partial charge in [-0.2, -0.15) is 0 Å². The van der Waals surface area contributed by atoms with Crippen molar-refractivity contribution >= 4 is 12.1 Å². The van der Waals surface area contributed by atoms with Gasteiger partial charge in [0.05, 0.1) is 0 Å². The normalized spacial score (nSPS) is 13.5. The molecular formula is C24H22O4. The second-order valence-electron chi connectivity index (χ2n) is 6.49.